The molecule has 18 N–H and O–H groups in total. The smallest absolute Gasteiger partial charge is 0.326 e. The van der Waals surface area contributed by atoms with Gasteiger partial charge in [0.15, 0.2) is 5.96 Å². The van der Waals surface area contributed by atoms with Crippen molar-refractivity contribution in [3.05, 3.63) is 132 Å². The number of para-hydroxylation sites is 1. The number of hydrogen-bond acceptors (Lipinski definition) is 13. The highest BCUT2D eigenvalue weighted by Gasteiger charge is 2.34. The van der Waals surface area contributed by atoms with E-state index in [4.69, 9.17) is 17.2 Å². The summed E-state index contributed by atoms with van der Waals surface area (Å²) >= 11 is 0. The fourth-order valence-corrected chi connectivity index (χ4v) is 7.92. The first kappa shape index (κ1) is 57.9. The van der Waals surface area contributed by atoms with Crippen molar-refractivity contribution >= 4 is 64.2 Å². The van der Waals surface area contributed by atoms with Crippen molar-refractivity contribution in [3.8, 4) is 11.5 Å². The van der Waals surface area contributed by atoms with Gasteiger partial charge in [0.25, 0.3) is 0 Å². The van der Waals surface area contributed by atoms with E-state index in [0.29, 0.717) is 22.3 Å². The SMILES string of the molecule is C[C@H](NC(=O)[C@H](Cc1ccc(O)cc1)NC(=O)CN)C(=O)N[C@@H](Cc1ccccc1)C(=O)N[C@@H](CO)C(=O)N[C@@H](CCCN=C(N)N)C(=O)N[C@@H](Cc1ccc(O)cc1)C(=O)N[C@@H](Cc1c[nH]c2ccccc12)C(=O)O. The number of fused-ring (bicyclic) bond motifs is 1. The van der Waals surface area contributed by atoms with Gasteiger partial charge in [-0.1, -0.05) is 72.8 Å². The summed E-state index contributed by atoms with van der Waals surface area (Å²) < 4.78 is 0. The van der Waals surface area contributed by atoms with E-state index in [1.807, 2.05) is 6.07 Å². The van der Waals surface area contributed by atoms with Crippen LogP contribution in [-0.4, -0.2) is 141 Å². The second-order valence-corrected chi connectivity index (χ2v) is 17.8. The number of nitrogens with two attached hydrogens (primary N) is 3. The number of phenols is 2. The van der Waals surface area contributed by atoms with Gasteiger partial charge in [0.05, 0.1) is 13.2 Å². The lowest BCUT2D eigenvalue weighted by atomic mass is 10.0. The summed E-state index contributed by atoms with van der Waals surface area (Å²) in [6.07, 6.45) is 1.05. The number of aromatic hydroxyl groups is 2. The second kappa shape index (κ2) is 28.4. The molecule has 0 aliphatic carbocycles. The van der Waals surface area contributed by atoms with Gasteiger partial charge in [-0.05, 0) is 72.4 Å². The van der Waals surface area contributed by atoms with E-state index in [9.17, 15) is 58.8 Å². The first-order valence-corrected chi connectivity index (χ1v) is 24.2. The Labute approximate surface area is 436 Å². The maximum Gasteiger partial charge on any atom is 0.326 e. The molecular formula is C52H64N12O12. The summed E-state index contributed by atoms with van der Waals surface area (Å²) in [6, 6.07) is 17.2. The Bertz CT molecular complexity index is 2820. The molecule has 7 amide bonds. The van der Waals surface area contributed by atoms with Crippen molar-refractivity contribution < 1.29 is 58.8 Å². The van der Waals surface area contributed by atoms with Crippen LogP contribution >= 0.6 is 0 Å². The minimum atomic E-state index is -1.74. The van der Waals surface area contributed by atoms with E-state index in [-0.39, 0.29) is 62.5 Å². The molecule has 0 fully saturated rings. The van der Waals surface area contributed by atoms with Crippen molar-refractivity contribution in [2.24, 2.45) is 22.2 Å². The average molecular weight is 1050 g/mol. The number of aliphatic imine (C=N–C) groups is 1. The molecule has 24 nitrogen and oxygen atoms in total. The Balaban J connectivity index is 1.33. The highest BCUT2D eigenvalue weighted by Crippen LogP contribution is 2.20. The number of H-pyrrole nitrogens is 1. The van der Waals surface area contributed by atoms with E-state index in [0.717, 1.165) is 10.9 Å². The fourth-order valence-electron chi connectivity index (χ4n) is 7.92. The number of amides is 7. The lowest BCUT2D eigenvalue weighted by Gasteiger charge is -2.27. The first-order valence-electron chi connectivity index (χ1n) is 24.2. The maximum atomic E-state index is 14.3. The number of hydrogen-bond donors (Lipinski definition) is 15. The number of nitrogens with one attached hydrogen (secondary N) is 8. The Hall–Kier alpha value is -9.03. The number of carboxylic acid groups (broad SMARTS) is 1. The van der Waals surface area contributed by atoms with Crippen molar-refractivity contribution in [1.82, 2.24) is 42.2 Å². The third kappa shape index (κ3) is 17.9. The lowest BCUT2D eigenvalue weighted by Crippen LogP contribution is -2.61. The molecule has 404 valence electrons. The second-order valence-electron chi connectivity index (χ2n) is 17.8. The molecule has 0 saturated carbocycles. The molecule has 7 atom stereocenters. The highest BCUT2D eigenvalue weighted by atomic mass is 16.4. The van der Waals surface area contributed by atoms with Crippen LogP contribution in [0.15, 0.2) is 114 Å². The van der Waals surface area contributed by atoms with Crippen LogP contribution in [-0.2, 0) is 64.0 Å². The number of aromatic amines is 1. The van der Waals surface area contributed by atoms with Crippen molar-refractivity contribution in [3.63, 3.8) is 0 Å². The number of benzene rings is 4. The van der Waals surface area contributed by atoms with Crippen LogP contribution in [0.5, 0.6) is 11.5 Å². The average Bonchev–Trinajstić information content (AvgIpc) is 3.81. The summed E-state index contributed by atoms with van der Waals surface area (Å²) in [7, 11) is 0. The van der Waals surface area contributed by atoms with E-state index < -0.39 is 103 Å². The van der Waals surface area contributed by atoms with Gasteiger partial charge in [-0.15, -0.1) is 0 Å². The molecule has 24 heteroatoms. The standard InChI is InChI=1S/C52H64N12O12/c1-29(58-47(71)39(59-44(68)26-53)23-31-13-17-34(66)18-14-31)45(69)61-40(22-30-8-3-2-4-9-30)49(73)64-43(28-65)50(74)60-38(12-7-21-56-52(54)55)46(70)62-41(24-32-15-19-35(67)20-16-32)48(72)63-42(51(75)76)25-33-27-57-37-11-6-5-10-36(33)37/h2-6,8-11,13-20,27,29,38-43,57,65-67H,7,12,21-26,28,53H2,1H3,(H,58,71)(H,59,68)(H,60,74)(H,61,69)(H,62,70)(H,63,72)(H,64,73)(H,75,76)(H4,54,55,56)/t29-,38-,39-,40-,41-,42-,43-/m0/s1. The number of carbonyl (C=O) groups is 8. The van der Waals surface area contributed by atoms with E-state index in [1.165, 1.54) is 43.3 Å². The molecule has 0 aliphatic rings. The molecular weight excluding hydrogens is 985 g/mol. The van der Waals surface area contributed by atoms with Crippen LogP contribution in [0.4, 0.5) is 0 Å². The zero-order valence-electron chi connectivity index (χ0n) is 41.5. The highest BCUT2D eigenvalue weighted by molar-refractivity contribution is 5.98. The largest absolute Gasteiger partial charge is 0.508 e. The Morgan fingerprint density at radius 2 is 1.01 bits per heavy atom. The van der Waals surface area contributed by atoms with Crippen molar-refractivity contribution in [2.75, 3.05) is 19.7 Å². The number of carboxylic acids is 1. The van der Waals surface area contributed by atoms with E-state index >= 15 is 0 Å². The maximum absolute atomic E-state index is 14.3. The predicted molar refractivity (Wildman–Crippen MR) is 279 cm³/mol. The lowest BCUT2D eigenvalue weighted by molar-refractivity contribution is -0.142. The third-order valence-electron chi connectivity index (χ3n) is 12.0. The Kier molecular flexibility index (Phi) is 21.6. The van der Waals surface area contributed by atoms with Crippen LogP contribution < -0.4 is 54.4 Å². The number of aromatic nitrogens is 1. The number of guanidine groups is 1. The summed E-state index contributed by atoms with van der Waals surface area (Å²) in [5.74, 6) is -7.82. The molecule has 0 aliphatic heterocycles. The van der Waals surface area contributed by atoms with Crippen molar-refractivity contribution in [1.29, 1.82) is 0 Å². The predicted octanol–water partition coefficient (Wildman–Crippen LogP) is -1.65. The van der Waals surface area contributed by atoms with Gasteiger partial charge in [-0.25, -0.2) is 4.79 Å². The zero-order valence-corrected chi connectivity index (χ0v) is 41.5. The molecule has 0 bridgehead atoms. The van der Waals surface area contributed by atoms with E-state index in [1.54, 1.807) is 66.9 Å². The summed E-state index contributed by atoms with van der Waals surface area (Å²) in [5.41, 5.74) is 19.4. The quantitative estimate of drug-likeness (QED) is 0.0152. The summed E-state index contributed by atoms with van der Waals surface area (Å²) in [6.45, 7) is -0.106. The van der Waals surface area contributed by atoms with Gasteiger partial charge < -0.3 is 79.8 Å². The Morgan fingerprint density at radius 3 is 1.57 bits per heavy atom. The number of rotatable bonds is 28. The molecule has 76 heavy (non-hydrogen) atoms. The van der Waals surface area contributed by atoms with Gasteiger partial charge in [0.2, 0.25) is 41.4 Å². The molecule has 5 rings (SSSR count). The number of carbonyl (C=O) groups excluding carboxylic acids is 7. The van der Waals surface area contributed by atoms with Crippen molar-refractivity contribution in [2.45, 2.75) is 87.7 Å². The molecule has 0 saturated heterocycles. The number of aliphatic carboxylic acids is 1. The molecule has 5 aromatic rings. The Morgan fingerprint density at radius 1 is 0.553 bits per heavy atom. The monoisotopic (exact) mass is 1050 g/mol. The van der Waals surface area contributed by atoms with Gasteiger partial charge in [0.1, 0.15) is 53.8 Å². The molecule has 0 radical (unpaired) electrons. The molecule has 1 aromatic heterocycles. The molecule has 1 heterocycles. The van der Waals surface area contributed by atoms with Crippen LogP contribution in [0.2, 0.25) is 0 Å². The van der Waals surface area contributed by atoms with Crippen LogP contribution in [0.25, 0.3) is 10.9 Å². The van der Waals surface area contributed by atoms with Gasteiger partial charge in [-0.2, -0.15) is 0 Å². The normalized spacial score (nSPS) is 13.7. The van der Waals surface area contributed by atoms with Gasteiger partial charge in [0, 0.05) is 49.3 Å². The molecule has 0 spiro atoms. The number of phenolic OH excluding ortho intramolecular Hbond substituents is 2. The summed E-state index contributed by atoms with van der Waals surface area (Å²) in [4.78, 5) is 116. The minimum Gasteiger partial charge on any atom is -0.508 e. The molecule has 4 aromatic carbocycles. The van der Waals surface area contributed by atoms with Crippen LogP contribution in [0.3, 0.4) is 0 Å². The van der Waals surface area contributed by atoms with Crippen LogP contribution in [0, 0.1) is 0 Å². The fraction of sp³-hybridized carbons (Fsp3) is 0.327. The van der Waals surface area contributed by atoms with Crippen LogP contribution in [0.1, 0.15) is 42.0 Å². The minimum absolute atomic E-state index is 0.00511. The number of nitrogens with zero attached hydrogens (tertiary/aromatic N) is 1. The molecule has 0 unspecified atom stereocenters. The van der Waals surface area contributed by atoms with E-state index in [2.05, 4.69) is 47.2 Å². The number of aliphatic hydroxyl groups is 1. The topological polar surface area (TPSA) is 408 Å². The van der Waals surface area contributed by atoms with Gasteiger partial charge >= 0.3 is 5.97 Å². The zero-order chi connectivity index (χ0) is 55.3. The third-order valence-corrected chi connectivity index (χ3v) is 12.0. The first-order chi connectivity index (χ1) is 36.3. The van der Waals surface area contributed by atoms with Gasteiger partial charge in [-0.3, -0.25) is 38.6 Å². The summed E-state index contributed by atoms with van der Waals surface area (Å²) in [5, 5.41) is 58.8. The number of aliphatic hydroxyl groups excluding tert-OH is 1.